The van der Waals surface area contributed by atoms with Crippen molar-refractivity contribution in [1.82, 2.24) is 14.3 Å². The van der Waals surface area contributed by atoms with Crippen LogP contribution < -0.4 is 9.46 Å². The first kappa shape index (κ1) is 28.3. The molecule has 0 bridgehead atoms. The van der Waals surface area contributed by atoms with E-state index < -0.39 is 15.9 Å². The number of ether oxygens (including phenoxy) is 1. The summed E-state index contributed by atoms with van der Waals surface area (Å²) < 4.78 is 35.7. The lowest BCUT2D eigenvalue weighted by Crippen LogP contribution is -2.29. The number of aldehydes is 1. The first-order valence-corrected chi connectivity index (χ1v) is 14.9. The Morgan fingerprint density at radius 2 is 1.79 bits per heavy atom. The maximum atomic E-state index is 13.1. The number of carbonyl (C=O) groups excluding carboxylic acids is 2. The molecule has 2 aromatic carbocycles. The highest BCUT2D eigenvalue weighted by Gasteiger charge is 2.25. The summed E-state index contributed by atoms with van der Waals surface area (Å²) in [6.07, 6.45) is 1.53. The molecule has 0 saturated carbocycles. The molecule has 0 aliphatic heterocycles. The van der Waals surface area contributed by atoms with Crippen LogP contribution in [0.3, 0.4) is 0 Å². The van der Waals surface area contributed by atoms with Crippen LogP contribution in [0.4, 0.5) is 0 Å². The minimum atomic E-state index is -4.02. The molecule has 10 heteroatoms. The SMILES string of the molecule is CCC(=O)NS(=O)(=O)c1sc(CC(C)C)cc1-c1ccc(Cn2c(-c3ccccc3)nc(OC)c2C=O)cc1. The van der Waals surface area contributed by atoms with Gasteiger partial charge in [-0.2, -0.15) is 4.98 Å². The summed E-state index contributed by atoms with van der Waals surface area (Å²) in [5.74, 6) is 0.652. The normalized spacial score (nSPS) is 11.5. The molecule has 4 rings (SSSR count). The molecule has 0 atom stereocenters. The minimum absolute atomic E-state index is 0.0697. The van der Waals surface area contributed by atoms with E-state index in [1.165, 1.54) is 18.4 Å². The molecule has 39 heavy (non-hydrogen) atoms. The van der Waals surface area contributed by atoms with Crippen molar-refractivity contribution in [2.45, 2.75) is 44.4 Å². The van der Waals surface area contributed by atoms with Gasteiger partial charge in [-0.1, -0.05) is 75.4 Å². The zero-order chi connectivity index (χ0) is 28.2. The number of sulfonamides is 1. The molecular weight excluding hydrogens is 534 g/mol. The minimum Gasteiger partial charge on any atom is -0.479 e. The predicted molar refractivity (Wildman–Crippen MR) is 153 cm³/mol. The molecule has 2 aromatic heterocycles. The number of methoxy groups -OCH3 is 1. The zero-order valence-electron chi connectivity index (χ0n) is 22.3. The molecule has 0 aliphatic rings. The van der Waals surface area contributed by atoms with E-state index in [-0.39, 0.29) is 16.5 Å². The van der Waals surface area contributed by atoms with Crippen LogP contribution in [0.1, 0.15) is 48.1 Å². The fourth-order valence-corrected chi connectivity index (χ4v) is 7.25. The van der Waals surface area contributed by atoms with E-state index in [9.17, 15) is 18.0 Å². The third kappa shape index (κ3) is 6.29. The standard InChI is InChI=1S/C29H31N3O5S2/c1-5-26(34)31-39(35,36)29-24(16-23(38-29)15-19(2)3)21-13-11-20(12-14-21)17-32-25(18-33)28(37-4)30-27(32)22-9-7-6-8-10-22/h6-14,16,18-19H,5,15,17H2,1-4H3,(H,31,34). The lowest BCUT2D eigenvalue weighted by atomic mass is 10.0. The number of aromatic nitrogens is 2. The Labute approximate surface area is 232 Å². The Kier molecular flexibility index (Phi) is 8.66. The highest BCUT2D eigenvalue weighted by Crippen LogP contribution is 2.37. The molecule has 0 spiro atoms. The van der Waals surface area contributed by atoms with E-state index in [0.717, 1.165) is 34.3 Å². The first-order chi connectivity index (χ1) is 18.7. The molecule has 204 valence electrons. The van der Waals surface area contributed by atoms with Gasteiger partial charge >= 0.3 is 0 Å². The molecule has 0 aliphatic carbocycles. The van der Waals surface area contributed by atoms with E-state index in [0.29, 0.717) is 29.5 Å². The lowest BCUT2D eigenvalue weighted by molar-refractivity contribution is -0.119. The molecule has 0 fully saturated rings. The van der Waals surface area contributed by atoms with Crippen LogP contribution in [0.15, 0.2) is 64.9 Å². The van der Waals surface area contributed by atoms with E-state index in [1.54, 1.807) is 11.5 Å². The average Bonchev–Trinajstić information content (AvgIpc) is 3.50. The number of rotatable bonds is 11. The largest absolute Gasteiger partial charge is 0.479 e. The van der Waals surface area contributed by atoms with Crippen molar-refractivity contribution in [3.05, 3.63) is 76.8 Å². The average molecular weight is 566 g/mol. The highest BCUT2D eigenvalue weighted by molar-refractivity contribution is 7.92. The van der Waals surface area contributed by atoms with Crippen LogP contribution in [0.25, 0.3) is 22.5 Å². The summed E-state index contributed by atoms with van der Waals surface area (Å²) in [7, 11) is -2.54. The number of hydrogen-bond donors (Lipinski definition) is 1. The molecule has 0 unspecified atom stereocenters. The van der Waals surface area contributed by atoms with Gasteiger partial charge in [-0.3, -0.25) is 9.59 Å². The van der Waals surface area contributed by atoms with Crippen molar-refractivity contribution in [3.63, 3.8) is 0 Å². The fraction of sp³-hybridized carbons (Fsp3) is 0.276. The summed E-state index contributed by atoms with van der Waals surface area (Å²) in [6, 6.07) is 18.9. The van der Waals surface area contributed by atoms with Crippen molar-refractivity contribution >= 4 is 33.6 Å². The third-order valence-corrected chi connectivity index (χ3v) is 9.15. The number of nitrogens with one attached hydrogen (secondary N) is 1. The Morgan fingerprint density at radius 1 is 1.10 bits per heavy atom. The smallest absolute Gasteiger partial charge is 0.274 e. The maximum Gasteiger partial charge on any atom is 0.274 e. The van der Waals surface area contributed by atoms with Crippen molar-refractivity contribution in [1.29, 1.82) is 0 Å². The van der Waals surface area contributed by atoms with Gasteiger partial charge in [0, 0.05) is 29.0 Å². The van der Waals surface area contributed by atoms with E-state index in [1.807, 2.05) is 60.7 Å². The summed E-state index contributed by atoms with van der Waals surface area (Å²) in [4.78, 5) is 29.4. The molecule has 0 radical (unpaired) electrons. The van der Waals surface area contributed by atoms with E-state index in [4.69, 9.17) is 4.74 Å². The van der Waals surface area contributed by atoms with Crippen molar-refractivity contribution < 1.29 is 22.7 Å². The van der Waals surface area contributed by atoms with Crippen molar-refractivity contribution in [3.8, 4) is 28.4 Å². The molecule has 8 nitrogen and oxygen atoms in total. The van der Waals surface area contributed by atoms with Gasteiger partial charge < -0.3 is 9.30 Å². The maximum absolute atomic E-state index is 13.1. The molecular formula is C29H31N3O5S2. The Bertz CT molecular complexity index is 1570. The second-order valence-electron chi connectivity index (χ2n) is 9.49. The predicted octanol–water partition coefficient (Wildman–Crippen LogP) is 5.56. The number of hydrogen-bond acceptors (Lipinski definition) is 7. The van der Waals surface area contributed by atoms with Gasteiger partial charge in [-0.25, -0.2) is 13.1 Å². The summed E-state index contributed by atoms with van der Waals surface area (Å²) in [5.41, 5.74) is 3.34. The van der Waals surface area contributed by atoms with Gasteiger partial charge in [0.2, 0.25) is 11.8 Å². The van der Waals surface area contributed by atoms with Crippen molar-refractivity contribution in [2.75, 3.05) is 7.11 Å². The number of carbonyl (C=O) groups is 2. The second-order valence-corrected chi connectivity index (χ2v) is 12.5. The van der Waals surface area contributed by atoms with E-state index in [2.05, 4.69) is 23.6 Å². The summed E-state index contributed by atoms with van der Waals surface area (Å²) in [5, 5.41) is 0. The Hall–Kier alpha value is -3.76. The molecule has 2 heterocycles. The molecule has 1 N–H and O–H groups in total. The molecule has 1 amide bonds. The summed E-state index contributed by atoms with van der Waals surface area (Å²) >= 11 is 1.19. The Morgan fingerprint density at radius 3 is 2.38 bits per heavy atom. The molecule has 4 aromatic rings. The van der Waals surface area contributed by atoms with Crippen LogP contribution in [-0.2, 0) is 27.8 Å². The monoisotopic (exact) mass is 565 g/mol. The van der Waals surface area contributed by atoms with Crippen LogP contribution in [0.2, 0.25) is 0 Å². The van der Waals surface area contributed by atoms with Crippen LogP contribution in [-0.4, -0.2) is 37.3 Å². The molecule has 0 saturated heterocycles. The first-order valence-electron chi connectivity index (χ1n) is 12.6. The fourth-order valence-electron chi connectivity index (χ4n) is 4.24. The quantitative estimate of drug-likeness (QED) is 0.239. The van der Waals surface area contributed by atoms with Gasteiger partial charge in [0.15, 0.2) is 6.29 Å². The second kappa shape index (κ2) is 12.0. The van der Waals surface area contributed by atoms with Gasteiger partial charge in [-0.15, -0.1) is 11.3 Å². The highest BCUT2D eigenvalue weighted by atomic mass is 32.2. The van der Waals surface area contributed by atoms with Gasteiger partial charge in [0.05, 0.1) is 7.11 Å². The van der Waals surface area contributed by atoms with Gasteiger partial charge in [-0.05, 0) is 29.5 Å². The van der Waals surface area contributed by atoms with Gasteiger partial charge in [0.1, 0.15) is 15.7 Å². The number of nitrogens with zero attached hydrogens (tertiary/aromatic N) is 2. The van der Waals surface area contributed by atoms with Gasteiger partial charge in [0.25, 0.3) is 10.0 Å². The van der Waals surface area contributed by atoms with Crippen LogP contribution in [0.5, 0.6) is 5.88 Å². The van der Waals surface area contributed by atoms with Crippen LogP contribution >= 0.6 is 11.3 Å². The van der Waals surface area contributed by atoms with E-state index >= 15 is 0 Å². The third-order valence-electron chi connectivity index (χ3n) is 6.09. The number of amides is 1. The number of thiophene rings is 1. The van der Waals surface area contributed by atoms with Crippen LogP contribution in [0, 0.1) is 5.92 Å². The number of benzene rings is 2. The number of imidazole rings is 1. The summed E-state index contributed by atoms with van der Waals surface area (Å²) in [6.45, 7) is 6.11. The Balaban J connectivity index is 1.72. The lowest BCUT2D eigenvalue weighted by Gasteiger charge is -2.11. The zero-order valence-corrected chi connectivity index (χ0v) is 23.9. The van der Waals surface area contributed by atoms with Crippen molar-refractivity contribution in [2.24, 2.45) is 5.92 Å². The topological polar surface area (TPSA) is 107 Å².